The Morgan fingerprint density at radius 3 is 2.52 bits per heavy atom. The number of aryl methyl sites for hydroxylation is 1. The number of amides is 1. The van der Waals surface area contributed by atoms with E-state index in [2.05, 4.69) is 17.2 Å². The number of carbonyl (C=O) groups is 1. The number of benzene rings is 2. The van der Waals surface area contributed by atoms with Crippen molar-refractivity contribution in [1.82, 2.24) is 9.55 Å². The molecule has 0 unspecified atom stereocenters. The zero-order valence-corrected chi connectivity index (χ0v) is 19.5. The number of nitrogens with one attached hydrogen (secondary N) is 1. The fourth-order valence-corrected chi connectivity index (χ4v) is 4.45. The van der Waals surface area contributed by atoms with Crippen molar-refractivity contribution in [2.75, 3.05) is 30.1 Å². The van der Waals surface area contributed by atoms with Gasteiger partial charge in [-0.15, -0.1) is 0 Å². The molecule has 0 fully saturated rings. The SMILES string of the molecule is CCCCn1c(SCC(=O)Nc2ccc(N(C)C)cc2)nc2cc(S(N)(=O)=O)ccc21. The van der Waals surface area contributed by atoms with Crippen LogP contribution in [-0.2, 0) is 21.4 Å². The Morgan fingerprint density at radius 2 is 1.90 bits per heavy atom. The number of carbonyl (C=O) groups excluding carboxylic acids is 1. The molecule has 0 spiro atoms. The normalized spacial score (nSPS) is 11.6. The first-order valence-corrected chi connectivity index (χ1v) is 12.5. The Hall–Kier alpha value is -2.56. The minimum absolute atomic E-state index is 0.0237. The average molecular weight is 462 g/mol. The van der Waals surface area contributed by atoms with Crippen molar-refractivity contribution in [2.24, 2.45) is 5.14 Å². The third-order valence-corrected chi connectivity index (χ3v) is 6.64. The summed E-state index contributed by atoms with van der Waals surface area (Å²) in [6, 6.07) is 12.3. The van der Waals surface area contributed by atoms with E-state index in [0.29, 0.717) is 10.7 Å². The lowest BCUT2D eigenvalue weighted by Gasteiger charge is -2.13. The number of nitrogens with two attached hydrogens (primary N) is 1. The maximum absolute atomic E-state index is 12.5. The fourth-order valence-electron chi connectivity index (χ4n) is 3.08. The number of imidazole rings is 1. The van der Waals surface area contributed by atoms with E-state index in [-0.39, 0.29) is 16.6 Å². The van der Waals surface area contributed by atoms with Crippen LogP contribution in [0.1, 0.15) is 19.8 Å². The molecule has 3 N–H and O–H groups in total. The summed E-state index contributed by atoms with van der Waals surface area (Å²) in [4.78, 5) is 19.0. The standard InChI is InChI=1S/C21H27N5O3S2/c1-4-5-12-26-19-11-10-17(31(22,28)29)13-18(19)24-21(26)30-14-20(27)23-15-6-8-16(9-7-15)25(2)3/h6-11,13H,4-5,12,14H2,1-3H3,(H,23,27)(H2,22,28,29). The molecule has 0 aliphatic heterocycles. The number of hydrogen-bond donors (Lipinski definition) is 2. The van der Waals surface area contributed by atoms with Crippen molar-refractivity contribution in [3.8, 4) is 0 Å². The maximum Gasteiger partial charge on any atom is 0.238 e. The van der Waals surface area contributed by atoms with Crippen molar-refractivity contribution in [3.63, 3.8) is 0 Å². The van der Waals surface area contributed by atoms with E-state index >= 15 is 0 Å². The third-order valence-electron chi connectivity index (χ3n) is 4.75. The summed E-state index contributed by atoms with van der Waals surface area (Å²) in [5.41, 5.74) is 3.15. The van der Waals surface area contributed by atoms with Crippen LogP contribution in [0.3, 0.4) is 0 Å². The molecule has 0 radical (unpaired) electrons. The molecule has 1 aromatic heterocycles. The second kappa shape index (κ2) is 9.71. The average Bonchev–Trinajstić information content (AvgIpc) is 3.07. The minimum atomic E-state index is -3.81. The number of anilines is 2. The van der Waals surface area contributed by atoms with Crippen LogP contribution in [0, 0.1) is 0 Å². The number of rotatable bonds is 9. The largest absolute Gasteiger partial charge is 0.378 e. The number of hydrogen-bond acceptors (Lipinski definition) is 6. The molecule has 0 atom stereocenters. The summed E-state index contributed by atoms with van der Waals surface area (Å²) in [5.74, 6) is 0.0503. The molecule has 0 aliphatic rings. The molecular formula is C21H27N5O3S2. The van der Waals surface area contributed by atoms with Gasteiger partial charge in [-0.1, -0.05) is 25.1 Å². The molecule has 2 aromatic carbocycles. The van der Waals surface area contributed by atoms with Gasteiger partial charge >= 0.3 is 0 Å². The van der Waals surface area contributed by atoms with Crippen LogP contribution in [0.5, 0.6) is 0 Å². The van der Waals surface area contributed by atoms with Crippen LogP contribution in [0.2, 0.25) is 0 Å². The molecule has 0 aliphatic carbocycles. The lowest BCUT2D eigenvalue weighted by molar-refractivity contribution is -0.113. The molecule has 10 heteroatoms. The van der Waals surface area contributed by atoms with Gasteiger partial charge in [0.25, 0.3) is 0 Å². The highest BCUT2D eigenvalue weighted by Crippen LogP contribution is 2.27. The van der Waals surface area contributed by atoms with E-state index in [1.165, 1.54) is 23.9 Å². The quantitative estimate of drug-likeness (QED) is 0.473. The first-order valence-electron chi connectivity index (χ1n) is 9.92. The Bertz CT molecular complexity index is 1170. The summed E-state index contributed by atoms with van der Waals surface area (Å²) in [6.45, 7) is 2.83. The van der Waals surface area contributed by atoms with E-state index in [1.807, 2.05) is 47.8 Å². The lowest BCUT2D eigenvalue weighted by atomic mass is 10.2. The Balaban J connectivity index is 1.76. The summed E-state index contributed by atoms with van der Waals surface area (Å²) < 4.78 is 25.4. The van der Waals surface area contributed by atoms with Crippen LogP contribution in [0.4, 0.5) is 11.4 Å². The van der Waals surface area contributed by atoms with Gasteiger partial charge in [-0.2, -0.15) is 0 Å². The highest BCUT2D eigenvalue weighted by atomic mass is 32.2. The Labute approximate surface area is 186 Å². The minimum Gasteiger partial charge on any atom is -0.378 e. The monoisotopic (exact) mass is 461 g/mol. The zero-order valence-electron chi connectivity index (χ0n) is 17.8. The van der Waals surface area contributed by atoms with Crippen LogP contribution >= 0.6 is 11.8 Å². The highest BCUT2D eigenvalue weighted by Gasteiger charge is 2.16. The predicted molar refractivity (Wildman–Crippen MR) is 126 cm³/mol. The smallest absolute Gasteiger partial charge is 0.238 e. The molecule has 3 rings (SSSR count). The van der Waals surface area contributed by atoms with Gasteiger partial charge in [-0.25, -0.2) is 18.5 Å². The second-order valence-electron chi connectivity index (χ2n) is 7.37. The van der Waals surface area contributed by atoms with Gasteiger partial charge in [0.15, 0.2) is 5.16 Å². The number of aromatic nitrogens is 2. The first kappa shape index (κ1) is 23.1. The zero-order chi connectivity index (χ0) is 22.6. The van der Waals surface area contributed by atoms with E-state index in [1.54, 1.807) is 6.07 Å². The van der Waals surface area contributed by atoms with Gasteiger partial charge in [0.2, 0.25) is 15.9 Å². The molecule has 1 amide bonds. The predicted octanol–water partition coefficient (Wildman–Crippen LogP) is 3.28. The van der Waals surface area contributed by atoms with E-state index in [4.69, 9.17) is 5.14 Å². The summed E-state index contributed by atoms with van der Waals surface area (Å²) in [7, 11) is 0.111. The number of fused-ring (bicyclic) bond motifs is 1. The van der Waals surface area contributed by atoms with Crippen LogP contribution in [0.15, 0.2) is 52.5 Å². The van der Waals surface area contributed by atoms with Gasteiger partial charge in [0, 0.05) is 32.0 Å². The number of thioether (sulfide) groups is 1. The maximum atomic E-state index is 12.5. The number of sulfonamides is 1. The molecule has 3 aromatic rings. The van der Waals surface area contributed by atoms with Crippen LogP contribution in [0.25, 0.3) is 11.0 Å². The molecular weight excluding hydrogens is 434 g/mol. The number of unbranched alkanes of at least 4 members (excludes halogenated alkanes) is 1. The summed E-state index contributed by atoms with van der Waals surface area (Å²) >= 11 is 1.32. The summed E-state index contributed by atoms with van der Waals surface area (Å²) in [5, 5.41) is 8.81. The summed E-state index contributed by atoms with van der Waals surface area (Å²) in [6.07, 6.45) is 1.95. The molecule has 166 valence electrons. The molecule has 0 saturated heterocycles. The van der Waals surface area contributed by atoms with E-state index in [9.17, 15) is 13.2 Å². The first-order chi connectivity index (χ1) is 14.7. The second-order valence-corrected chi connectivity index (χ2v) is 9.88. The molecule has 31 heavy (non-hydrogen) atoms. The lowest BCUT2D eigenvalue weighted by Crippen LogP contribution is -2.15. The van der Waals surface area contributed by atoms with Gasteiger partial charge in [0.1, 0.15) is 0 Å². The van der Waals surface area contributed by atoms with Crippen molar-refractivity contribution in [1.29, 1.82) is 0 Å². The molecule has 0 saturated carbocycles. The van der Waals surface area contributed by atoms with Crippen molar-refractivity contribution < 1.29 is 13.2 Å². The molecule has 0 bridgehead atoms. The fraction of sp³-hybridized carbons (Fsp3) is 0.333. The number of primary sulfonamides is 1. The highest BCUT2D eigenvalue weighted by molar-refractivity contribution is 7.99. The van der Waals surface area contributed by atoms with Gasteiger partial charge in [-0.05, 0) is 48.9 Å². The topological polar surface area (TPSA) is 110 Å². The van der Waals surface area contributed by atoms with Crippen LogP contribution in [-0.4, -0.2) is 43.7 Å². The van der Waals surface area contributed by atoms with Gasteiger partial charge in [0.05, 0.1) is 21.7 Å². The van der Waals surface area contributed by atoms with Gasteiger partial charge in [-0.3, -0.25) is 4.79 Å². The third kappa shape index (κ3) is 5.78. The van der Waals surface area contributed by atoms with E-state index in [0.717, 1.165) is 36.3 Å². The van der Waals surface area contributed by atoms with Crippen molar-refractivity contribution in [3.05, 3.63) is 42.5 Å². The van der Waals surface area contributed by atoms with E-state index < -0.39 is 10.0 Å². The Kier molecular flexibility index (Phi) is 7.24. The molecule has 8 nitrogen and oxygen atoms in total. The number of nitrogens with zero attached hydrogens (tertiary/aromatic N) is 3. The van der Waals surface area contributed by atoms with Crippen LogP contribution < -0.4 is 15.4 Å². The van der Waals surface area contributed by atoms with Gasteiger partial charge < -0.3 is 14.8 Å². The van der Waals surface area contributed by atoms with Crippen molar-refractivity contribution >= 4 is 50.1 Å². The Morgan fingerprint density at radius 1 is 1.19 bits per heavy atom. The van der Waals surface area contributed by atoms with Crippen molar-refractivity contribution in [2.45, 2.75) is 36.4 Å². The molecule has 1 heterocycles.